The fourth-order valence-electron chi connectivity index (χ4n) is 2.21. The molecule has 2 aromatic carbocycles. The maximum Gasteiger partial charge on any atom is 0.142 e. The lowest BCUT2D eigenvalue weighted by Gasteiger charge is -2.06. The molecule has 19 heavy (non-hydrogen) atoms. The lowest BCUT2D eigenvalue weighted by atomic mass is 10.0. The second-order valence-electron chi connectivity index (χ2n) is 4.33. The number of methoxy groups -OCH3 is 1. The number of benzene rings is 2. The molecule has 0 saturated heterocycles. The van der Waals surface area contributed by atoms with Crippen LogP contribution in [0.4, 0.5) is 0 Å². The van der Waals surface area contributed by atoms with Crippen LogP contribution in [-0.4, -0.2) is 12.2 Å². The first kappa shape index (κ1) is 11.8. The molecule has 96 valence electrons. The summed E-state index contributed by atoms with van der Waals surface area (Å²) in [5.41, 5.74) is 2.80. The lowest BCUT2D eigenvalue weighted by molar-refractivity contribution is 0.251. The highest BCUT2D eigenvalue weighted by atomic mass is 16.5. The van der Waals surface area contributed by atoms with Crippen LogP contribution in [-0.2, 0) is 6.61 Å². The van der Waals surface area contributed by atoms with E-state index in [1.54, 1.807) is 7.11 Å². The molecule has 0 aliphatic heterocycles. The van der Waals surface area contributed by atoms with Gasteiger partial charge in [0.2, 0.25) is 0 Å². The molecule has 1 aromatic heterocycles. The molecule has 0 atom stereocenters. The van der Waals surface area contributed by atoms with Crippen molar-refractivity contribution in [3.05, 3.63) is 54.3 Å². The molecule has 0 unspecified atom stereocenters. The van der Waals surface area contributed by atoms with Gasteiger partial charge in [-0.1, -0.05) is 30.3 Å². The van der Waals surface area contributed by atoms with E-state index in [1.165, 1.54) is 0 Å². The van der Waals surface area contributed by atoms with Gasteiger partial charge in [-0.3, -0.25) is 0 Å². The van der Waals surface area contributed by atoms with E-state index >= 15 is 0 Å². The van der Waals surface area contributed by atoms with E-state index in [4.69, 9.17) is 9.15 Å². The van der Waals surface area contributed by atoms with Gasteiger partial charge in [0.1, 0.15) is 23.7 Å². The summed E-state index contributed by atoms with van der Waals surface area (Å²) in [6.45, 7) is -0.106. The first-order valence-electron chi connectivity index (χ1n) is 6.08. The molecule has 3 nitrogen and oxygen atoms in total. The van der Waals surface area contributed by atoms with E-state index in [-0.39, 0.29) is 6.61 Å². The number of furan rings is 1. The Morgan fingerprint density at radius 3 is 2.58 bits per heavy atom. The van der Waals surface area contributed by atoms with Crippen molar-refractivity contribution in [2.24, 2.45) is 0 Å². The second kappa shape index (κ2) is 4.78. The molecule has 0 bridgehead atoms. The third kappa shape index (κ3) is 2.09. The average molecular weight is 254 g/mol. The van der Waals surface area contributed by atoms with Crippen molar-refractivity contribution in [1.29, 1.82) is 0 Å². The fraction of sp³-hybridized carbons (Fsp3) is 0.125. The van der Waals surface area contributed by atoms with Crippen LogP contribution in [0.5, 0.6) is 5.75 Å². The molecule has 0 spiro atoms. The summed E-state index contributed by atoms with van der Waals surface area (Å²) in [7, 11) is 1.64. The molecule has 0 radical (unpaired) electrons. The Bertz CT molecular complexity index is 699. The van der Waals surface area contributed by atoms with Gasteiger partial charge in [-0.25, -0.2) is 0 Å². The molecule has 1 N–H and O–H groups in total. The third-order valence-electron chi connectivity index (χ3n) is 3.12. The van der Waals surface area contributed by atoms with E-state index in [9.17, 15) is 5.11 Å². The number of hydrogen-bond donors (Lipinski definition) is 1. The molecule has 0 fully saturated rings. The van der Waals surface area contributed by atoms with Crippen molar-refractivity contribution in [2.45, 2.75) is 6.61 Å². The number of fused-ring (bicyclic) bond motifs is 1. The van der Waals surface area contributed by atoms with Crippen molar-refractivity contribution in [3.63, 3.8) is 0 Å². The van der Waals surface area contributed by atoms with Crippen LogP contribution in [0.1, 0.15) is 5.76 Å². The molecule has 0 saturated carbocycles. The maximum absolute atomic E-state index is 9.20. The summed E-state index contributed by atoms with van der Waals surface area (Å²) in [4.78, 5) is 0. The zero-order valence-corrected chi connectivity index (χ0v) is 10.6. The summed E-state index contributed by atoms with van der Waals surface area (Å²) >= 11 is 0. The highest BCUT2D eigenvalue weighted by molar-refractivity contribution is 5.94. The van der Waals surface area contributed by atoms with Crippen LogP contribution in [0.15, 0.2) is 52.9 Å². The minimum atomic E-state index is -0.106. The number of aliphatic hydroxyl groups excluding tert-OH is 1. The Labute approximate surface area is 111 Å². The Morgan fingerprint density at radius 1 is 1.11 bits per heavy atom. The van der Waals surface area contributed by atoms with Gasteiger partial charge < -0.3 is 14.3 Å². The topological polar surface area (TPSA) is 42.6 Å². The highest BCUT2D eigenvalue weighted by Crippen LogP contribution is 2.34. The van der Waals surface area contributed by atoms with Gasteiger partial charge >= 0.3 is 0 Å². The van der Waals surface area contributed by atoms with Gasteiger partial charge in [0.15, 0.2) is 0 Å². The minimum absolute atomic E-state index is 0.106. The first-order valence-corrected chi connectivity index (χ1v) is 6.08. The number of ether oxygens (including phenoxy) is 1. The molecule has 3 rings (SSSR count). The van der Waals surface area contributed by atoms with Crippen molar-refractivity contribution in [2.75, 3.05) is 7.11 Å². The summed E-state index contributed by atoms with van der Waals surface area (Å²) in [5, 5.41) is 10.1. The van der Waals surface area contributed by atoms with E-state index in [0.717, 1.165) is 27.8 Å². The van der Waals surface area contributed by atoms with E-state index < -0.39 is 0 Å². The Balaban J connectivity index is 2.29. The standard InChI is InChI=1S/C16H14O3/c1-18-13-7-12-8-14(10-17)19-16(12)15(9-13)11-5-3-2-4-6-11/h2-9,17H,10H2,1H3. The molecule has 0 aliphatic carbocycles. The van der Waals surface area contributed by atoms with Crippen molar-refractivity contribution in [3.8, 4) is 16.9 Å². The molecule has 0 amide bonds. The Morgan fingerprint density at radius 2 is 1.89 bits per heavy atom. The predicted molar refractivity (Wildman–Crippen MR) is 74.1 cm³/mol. The lowest BCUT2D eigenvalue weighted by Crippen LogP contribution is -1.85. The highest BCUT2D eigenvalue weighted by Gasteiger charge is 2.12. The van der Waals surface area contributed by atoms with Crippen molar-refractivity contribution >= 4 is 11.0 Å². The smallest absolute Gasteiger partial charge is 0.142 e. The molecular formula is C16H14O3. The van der Waals surface area contributed by atoms with Gasteiger partial charge in [0.25, 0.3) is 0 Å². The van der Waals surface area contributed by atoms with Crippen LogP contribution in [0.25, 0.3) is 22.1 Å². The van der Waals surface area contributed by atoms with E-state index in [2.05, 4.69) is 0 Å². The summed E-state index contributed by atoms with van der Waals surface area (Å²) in [5.74, 6) is 1.33. The number of aliphatic hydroxyl groups is 1. The van der Waals surface area contributed by atoms with E-state index in [1.807, 2.05) is 48.5 Å². The van der Waals surface area contributed by atoms with Gasteiger partial charge in [0, 0.05) is 10.9 Å². The van der Waals surface area contributed by atoms with Crippen LogP contribution in [0.2, 0.25) is 0 Å². The third-order valence-corrected chi connectivity index (χ3v) is 3.12. The van der Waals surface area contributed by atoms with Crippen LogP contribution < -0.4 is 4.74 Å². The van der Waals surface area contributed by atoms with Gasteiger partial charge in [0.05, 0.1) is 7.11 Å². The molecule has 3 heteroatoms. The molecule has 1 heterocycles. The fourth-order valence-corrected chi connectivity index (χ4v) is 2.21. The maximum atomic E-state index is 9.20. The van der Waals surface area contributed by atoms with Crippen LogP contribution in [0, 0.1) is 0 Å². The largest absolute Gasteiger partial charge is 0.497 e. The Kier molecular flexibility index (Phi) is 2.97. The number of hydrogen-bond acceptors (Lipinski definition) is 3. The summed E-state index contributed by atoms with van der Waals surface area (Å²) < 4.78 is 11.0. The summed E-state index contributed by atoms with van der Waals surface area (Å²) in [6.07, 6.45) is 0. The summed E-state index contributed by atoms with van der Waals surface area (Å²) in [6, 6.07) is 15.7. The molecular weight excluding hydrogens is 240 g/mol. The van der Waals surface area contributed by atoms with Crippen LogP contribution in [0.3, 0.4) is 0 Å². The molecule has 0 aliphatic rings. The minimum Gasteiger partial charge on any atom is -0.497 e. The normalized spacial score (nSPS) is 10.8. The van der Waals surface area contributed by atoms with Gasteiger partial charge in [-0.05, 0) is 23.8 Å². The zero-order valence-electron chi connectivity index (χ0n) is 10.6. The van der Waals surface area contributed by atoms with E-state index in [0.29, 0.717) is 5.76 Å². The predicted octanol–water partition coefficient (Wildman–Crippen LogP) is 3.60. The number of rotatable bonds is 3. The zero-order chi connectivity index (χ0) is 13.2. The quantitative estimate of drug-likeness (QED) is 0.776. The molecule has 3 aromatic rings. The van der Waals surface area contributed by atoms with Crippen molar-refractivity contribution in [1.82, 2.24) is 0 Å². The first-order chi connectivity index (χ1) is 9.31. The van der Waals surface area contributed by atoms with Crippen LogP contribution >= 0.6 is 0 Å². The average Bonchev–Trinajstić information content (AvgIpc) is 2.90. The van der Waals surface area contributed by atoms with Gasteiger partial charge in [-0.15, -0.1) is 0 Å². The van der Waals surface area contributed by atoms with Gasteiger partial charge in [-0.2, -0.15) is 0 Å². The Hall–Kier alpha value is -2.26. The SMILES string of the molecule is COc1cc(-c2ccccc2)c2oc(CO)cc2c1. The second-order valence-corrected chi connectivity index (χ2v) is 4.33. The monoisotopic (exact) mass is 254 g/mol. The van der Waals surface area contributed by atoms with Crippen molar-refractivity contribution < 1.29 is 14.3 Å².